The number of nitrogens with one attached hydrogen (secondary N) is 2. The molecule has 0 radical (unpaired) electrons. The number of rotatable bonds is 2. The van der Waals surface area contributed by atoms with Crippen LogP contribution in [-0.2, 0) is 9.53 Å². The van der Waals surface area contributed by atoms with E-state index in [1.165, 1.54) is 12.8 Å². The molecular formula is C13H24N2O2. The fraction of sp³-hybridized carbons (Fsp3) is 0.923. The second kappa shape index (κ2) is 5.83. The van der Waals surface area contributed by atoms with Crippen LogP contribution in [-0.4, -0.2) is 37.2 Å². The zero-order chi connectivity index (χ0) is 12.3. The number of carbonyl (C=O) groups excluding carboxylic acids is 1. The molecule has 1 saturated heterocycles. The van der Waals surface area contributed by atoms with E-state index in [1.807, 2.05) is 6.92 Å². The summed E-state index contributed by atoms with van der Waals surface area (Å²) in [6.45, 7) is 5.69. The molecule has 4 nitrogen and oxygen atoms in total. The molecule has 0 bridgehead atoms. The highest BCUT2D eigenvalue weighted by Gasteiger charge is 2.30. The molecule has 0 spiro atoms. The average Bonchev–Trinajstić information content (AvgIpc) is 2.29. The monoisotopic (exact) mass is 240 g/mol. The summed E-state index contributed by atoms with van der Waals surface area (Å²) in [5, 5.41) is 6.40. The molecule has 4 atom stereocenters. The lowest BCUT2D eigenvalue weighted by atomic mass is 9.87. The largest absolute Gasteiger partial charge is 0.375 e. The van der Waals surface area contributed by atoms with Gasteiger partial charge in [-0.25, -0.2) is 0 Å². The first kappa shape index (κ1) is 12.8. The van der Waals surface area contributed by atoms with Crippen molar-refractivity contribution in [1.82, 2.24) is 10.6 Å². The summed E-state index contributed by atoms with van der Waals surface area (Å²) in [4.78, 5) is 12.1. The standard InChI is InChI=1S/C13H24N2O2/c1-9-4-3-5-11(8-9)15-13(16)12-10(2)17-7-6-14-12/h9-12,14H,3-8H2,1-2H3,(H,15,16)/t9?,10-,11?,12+/m1/s1. The van der Waals surface area contributed by atoms with Crippen LogP contribution in [0, 0.1) is 5.92 Å². The molecular weight excluding hydrogens is 216 g/mol. The van der Waals surface area contributed by atoms with Crippen LogP contribution in [0.2, 0.25) is 0 Å². The number of hydrogen-bond acceptors (Lipinski definition) is 3. The second-order valence-corrected chi connectivity index (χ2v) is 5.48. The van der Waals surface area contributed by atoms with Gasteiger partial charge in [0.1, 0.15) is 6.04 Å². The summed E-state index contributed by atoms with van der Waals surface area (Å²) in [5.74, 6) is 0.846. The highest BCUT2D eigenvalue weighted by Crippen LogP contribution is 2.23. The first-order valence-electron chi connectivity index (χ1n) is 6.82. The van der Waals surface area contributed by atoms with Crippen molar-refractivity contribution in [2.45, 2.75) is 57.7 Å². The topological polar surface area (TPSA) is 50.4 Å². The van der Waals surface area contributed by atoms with Gasteiger partial charge in [0.15, 0.2) is 0 Å². The van der Waals surface area contributed by atoms with E-state index in [9.17, 15) is 4.79 Å². The molecule has 0 aromatic heterocycles. The molecule has 17 heavy (non-hydrogen) atoms. The minimum atomic E-state index is -0.180. The van der Waals surface area contributed by atoms with Crippen LogP contribution in [0.25, 0.3) is 0 Å². The van der Waals surface area contributed by atoms with Gasteiger partial charge in [-0.3, -0.25) is 4.79 Å². The van der Waals surface area contributed by atoms with Crippen molar-refractivity contribution in [2.24, 2.45) is 5.92 Å². The number of amides is 1. The van der Waals surface area contributed by atoms with Crippen molar-refractivity contribution in [1.29, 1.82) is 0 Å². The Bertz CT molecular complexity index is 270. The molecule has 0 aromatic carbocycles. The minimum absolute atomic E-state index is 0.0234. The van der Waals surface area contributed by atoms with Gasteiger partial charge in [0, 0.05) is 12.6 Å². The molecule has 1 saturated carbocycles. The third-order valence-electron chi connectivity index (χ3n) is 3.88. The van der Waals surface area contributed by atoms with Crippen LogP contribution in [0.3, 0.4) is 0 Å². The van der Waals surface area contributed by atoms with Gasteiger partial charge >= 0.3 is 0 Å². The van der Waals surface area contributed by atoms with Crippen LogP contribution in [0.4, 0.5) is 0 Å². The molecule has 2 N–H and O–H groups in total. The van der Waals surface area contributed by atoms with Crippen LogP contribution in [0.15, 0.2) is 0 Å². The Balaban J connectivity index is 1.83. The van der Waals surface area contributed by atoms with Crippen molar-refractivity contribution in [3.05, 3.63) is 0 Å². The molecule has 4 heteroatoms. The van der Waals surface area contributed by atoms with Crippen molar-refractivity contribution >= 4 is 5.91 Å². The number of hydrogen-bond donors (Lipinski definition) is 2. The lowest BCUT2D eigenvalue weighted by Crippen LogP contribution is -2.57. The van der Waals surface area contributed by atoms with E-state index in [1.54, 1.807) is 0 Å². The van der Waals surface area contributed by atoms with Crippen molar-refractivity contribution in [2.75, 3.05) is 13.2 Å². The zero-order valence-corrected chi connectivity index (χ0v) is 10.9. The van der Waals surface area contributed by atoms with Gasteiger partial charge < -0.3 is 15.4 Å². The Morgan fingerprint density at radius 3 is 2.88 bits per heavy atom. The van der Waals surface area contributed by atoms with Gasteiger partial charge in [-0.1, -0.05) is 19.8 Å². The lowest BCUT2D eigenvalue weighted by Gasteiger charge is -2.33. The van der Waals surface area contributed by atoms with E-state index in [0.29, 0.717) is 12.6 Å². The summed E-state index contributed by atoms with van der Waals surface area (Å²) in [5.41, 5.74) is 0. The average molecular weight is 240 g/mol. The highest BCUT2D eigenvalue weighted by atomic mass is 16.5. The van der Waals surface area contributed by atoms with E-state index in [-0.39, 0.29) is 18.1 Å². The first-order valence-corrected chi connectivity index (χ1v) is 6.82. The van der Waals surface area contributed by atoms with Crippen LogP contribution < -0.4 is 10.6 Å². The molecule has 2 fully saturated rings. The molecule has 1 amide bonds. The van der Waals surface area contributed by atoms with E-state index in [2.05, 4.69) is 17.6 Å². The Morgan fingerprint density at radius 1 is 1.35 bits per heavy atom. The molecule has 1 aliphatic heterocycles. The maximum Gasteiger partial charge on any atom is 0.240 e. The maximum absolute atomic E-state index is 12.1. The van der Waals surface area contributed by atoms with E-state index in [0.717, 1.165) is 25.3 Å². The smallest absolute Gasteiger partial charge is 0.240 e. The van der Waals surface area contributed by atoms with Gasteiger partial charge in [0.25, 0.3) is 0 Å². The summed E-state index contributed by atoms with van der Waals surface area (Å²) >= 11 is 0. The second-order valence-electron chi connectivity index (χ2n) is 5.48. The predicted octanol–water partition coefficient (Wildman–Crippen LogP) is 1.06. The Labute approximate surface area is 103 Å². The van der Waals surface area contributed by atoms with E-state index >= 15 is 0 Å². The third kappa shape index (κ3) is 3.42. The number of ether oxygens (including phenoxy) is 1. The summed E-state index contributed by atoms with van der Waals surface area (Å²) in [6, 6.07) is 0.183. The quantitative estimate of drug-likeness (QED) is 0.759. The fourth-order valence-corrected chi connectivity index (χ4v) is 2.88. The molecule has 0 aromatic rings. The first-order chi connectivity index (χ1) is 8.16. The van der Waals surface area contributed by atoms with Gasteiger partial charge in [0.2, 0.25) is 5.91 Å². The van der Waals surface area contributed by atoms with E-state index < -0.39 is 0 Å². The Hall–Kier alpha value is -0.610. The molecule has 2 unspecified atom stereocenters. The normalized spacial score (nSPS) is 38.7. The van der Waals surface area contributed by atoms with Crippen LogP contribution >= 0.6 is 0 Å². The fourth-order valence-electron chi connectivity index (χ4n) is 2.88. The summed E-state index contributed by atoms with van der Waals surface area (Å²) in [6.07, 6.45) is 4.75. The highest BCUT2D eigenvalue weighted by molar-refractivity contribution is 5.82. The molecule has 1 heterocycles. The van der Waals surface area contributed by atoms with Gasteiger partial charge in [-0.2, -0.15) is 0 Å². The summed E-state index contributed by atoms with van der Waals surface area (Å²) in [7, 11) is 0. The number of morpholine rings is 1. The Kier molecular flexibility index (Phi) is 4.40. The minimum Gasteiger partial charge on any atom is -0.375 e. The molecule has 98 valence electrons. The zero-order valence-electron chi connectivity index (χ0n) is 10.9. The molecule has 2 rings (SSSR count). The van der Waals surface area contributed by atoms with Crippen LogP contribution in [0.5, 0.6) is 0 Å². The van der Waals surface area contributed by atoms with Gasteiger partial charge in [-0.05, 0) is 25.7 Å². The maximum atomic E-state index is 12.1. The molecule has 2 aliphatic rings. The van der Waals surface area contributed by atoms with Crippen LogP contribution in [0.1, 0.15) is 39.5 Å². The van der Waals surface area contributed by atoms with Crippen molar-refractivity contribution in [3.8, 4) is 0 Å². The van der Waals surface area contributed by atoms with Gasteiger partial charge in [-0.15, -0.1) is 0 Å². The SMILES string of the molecule is CC1CCCC(NC(=O)[C@H]2NCCO[C@@H]2C)C1. The van der Waals surface area contributed by atoms with Crippen molar-refractivity contribution < 1.29 is 9.53 Å². The summed E-state index contributed by atoms with van der Waals surface area (Å²) < 4.78 is 5.50. The van der Waals surface area contributed by atoms with Crippen molar-refractivity contribution in [3.63, 3.8) is 0 Å². The number of carbonyl (C=O) groups is 1. The van der Waals surface area contributed by atoms with Gasteiger partial charge in [0.05, 0.1) is 12.7 Å². The Morgan fingerprint density at radius 2 is 2.18 bits per heavy atom. The predicted molar refractivity (Wildman–Crippen MR) is 66.8 cm³/mol. The van der Waals surface area contributed by atoms with E-state index in [4.69, 9.17) is 4.74 Å². The molecule has 1 aliphatic carbocycles. The third-order valence-corrected chi connectivity index (χ3v) is 3.88. The lowest BCUT2D eigenvalue weighted by molar-refractivity contribution is -0.129.